The van der Waals surface area contributed by atoms with Crippen LogP contribution in [0, 0.1) is 24.4 Å². The minimum Gasteiger partial charge on any atom is -0.384 e. The van der Waals surface area contributed by atoms with Crippen LogP contribution in [-0.4, -0.2) is 5.11 Å². The maximum atomic E-state index is 13.6. The normalized spacial score (nSPS) is 12.5. The van der Waals surface area contributed by atoms with Gasteiger partial charge in [-0.05, 0) is 24.1 Å². The predicted octanol–water partition coefficient (Wildman–Crippen LogP) is 4.26. The molecular weight excluding hydrogens is 321 g/mol. The third-order valence-electron chi connectivity index (χ3n) is 2.85. The van der Waals surface area contributed by atoms with Crippen molar-refractivity contribution in [3.8, 4) is 0 Å². The van der Waals surface area contributed by atoms with Crippen molar-refractivity contribution in [3.63, 3.8) is 0 Å². The highest BCUT2D eigenvalue weighted by Crippen LogP contribution is 2.32. The summed E-state index contributed by atoms with van der Waals surface area (Å²) in [5.74, 6) is -3.46. The summed E-state index contributed by atoms with van der Waals surface area (Å²) >= 11 is 3.29. The molecule has 0 aliphatic carbocycles. The van der Waals surface area contributed by atoms with Gasteiger partial charge < -0.3 is 5.11 Å². The second-order valence-corrected chi connectivity index (χ2v) is 4.96. The topological polar surface area (TPSA) is 20.2 Å². The molecule has 0 saturated carbocycles. The largest absolute Gasteiger partial charge is 0.384 e. The third-order valence-corrected chi connectivity index (χ3v) is 3.93. The van der Waals surface area contributed by atoms with Gasteiger partial charge in [-0.1, -0.05) is 34.1 Å². The highest BCUT2D eigenvalue weighted by Gasteiger charge is 2.20. The molecule has 2 aromatic carbocycles. The summed E-state index contributed by atoms with van der Waals surface area (Å²) in [5, 5.41) is 10.1. The van der Waals surface area contributed by atoms with E-state index in [9.17, 15) is 18.3 Å². The summed E-state index contributed by atoms with van der Waals surface area (Å²) < 4.78 is 40.2. The molecule has 5 heteroatoms. The third kappa shape index (κ3) is 2.67. The van der Waals surface area contributed by atoms with E-state index < -0.39 is 23.6 Å². The fraction of sp³-hybridized carbons (Fsp3) is 0.143. The van der Waals surface area contributed by atoms with Crippen LogP contribution in [0.2, 0.25) is 0 Å². The van der Waals surface area contributed by atoms with E-state index >= 15 is 0 Å². The number of hydrogen-bond acceptors (Lipinski definition) is 1. The first-order chi connectivity index (χ1) is 8.91. The molecule has 1 atom stereocenters. The van der Waals surface area contributed by atoms with Gasteiger partial charge >= 0.3 is 0 Å². The van der Waals surface area contributed by atoms with Crippen molar-refractivity contribution in [2.45, 2.75) is 13.0 Å². The summed E-state index contributed by atoms with van der Waals surface area (Å²) in [6.45, 7) is 1.81. The van der Waals surface area contributed by atoms with Crippen molar-refractivity contribution < 1.29 is 18.3 Å². The van der Waals surface area contributed by atoms with E-state index in [-0.39, 0.29) is 5.56 Å². The van der Waals surface area contributed by atoms with E-state index in [0.29, 0.717) is 22.2 Å². The molecule has 2 rings (SSSR count). The first-order valence-electron chi connectivity index (χ1n) is 5.49. The monoisotopic (exact) mass is 330 g/mol. The van der Waals surface area contributed by atoms with E-state index in [1.54, 1.807) is 12.1 Å². The predicted molar refractivity (Wildman–Crippen MR) is 69.3 cm³/mol. The highest BCUT2D eigenvalue weighted by atomic mass is 79.9. The van der Waals surface area contributed by atoms with Crippen molar-refractivity contribution in [2.24, 2.45) is 0 Å². The molecule has 0 spiro atoms. The first-order valence-corrected chi connectivity index (χ1v) is 6.28. The number of aliphatic hydroxyl groups excluding tert-OH is 1. The average molecular weight is 331 g/mol. The molecule has 0 bridgehead atoms. The molecule has 2 aromatic rings. The molecule has 0 saturated heterocycles. The fourth-order valence-electron chi connectivity index (χ4n) is 1.80. The Morgan fingerprint density at radius 3 is 2.32 bits per heavy atom. The molecule has 100 valence electrons. The summed E-state index contributed by atoms with van der Waals surface area (Å²) in [6.07, 6.45) is -1.37. The SMILES string of the molecule is Cc1cccc(C(O)c2cc(F)c(F)cc2F)c1Br. The Labute approximate surface area is 116 Å². The Morgan fingerprint density at radius 2 is 1.63 bits per heavy atom. The Kier molecular flexibility index (Phi) is 3.96. The second-order valence-electron chi connectivity index (χ2n) is 4.17. The zero-order valence-corrected chi connectivity index (χ0v) is 11.5. The number of aliphatic hydroxyl groups is 1. The number of aryl methyl sites for hydroxylation is 1. The lowest BCUT2D eigenvalue weighted by Crippen LogP contribution is -2.06. The van der Waals surface area contributed by atoms with Crippen LogP contribution >= 0.6 is 15.9 Å². The number of halogens is 4. The van der Waals surface area contributed by atoms with Crippen LogP contribution in [0.3, 0.4) is 0 Å². The summed E-state index contributed by atoms with van der Waals surface area (Å²) in [4.78, 5) is 0. The molecule has 0 aromatic heterocycles. The van der Waals surface area contributed by atoms with Crippen molar-refractivity contribution in [1.29, 1.82) is 0 Å². The fourth-order valence-corrected chi connectivity index (χ4v) is 2.28. The van der Waals surface area contributed by atoms with Crippen LogP contribution in [0.1, 0.15) is 22.8 Å². The van der Waals surface area contributed by atoms with E-state index in [4.69, 9.17) is 0 Å². The molecule has 0 aliphatic heterocycles. The van der Waals surface area contributed by atoms with Gasteiger partial charge in [0, 0.05) is 16.1 Å². The molecule has 1 unspecified atom stereocenters. The van der Waals surface area contributed by atoms with Crippen molar-refractivity contribution in [1.82, 2.24) is 0 Å². The maximum absolute atomic E-state index is 13.6. The van der Waals surface area contributed by atoms with Crippen molar-refractivity contribution in [3.05, 3.63) is 68.9 Å². The van der Waals surface area contributed by atoms with Gasteiger partial charge in [0.25, 0.3) is 0 Å². The van der Waals surface area contributed by atoms with E-state index in [0.717, 1.165) is 5.56 Å². The summed E-state index contributed by atoms with van der Waals surface area (Å²) in [5.41, 5.74) is 0.939. The molecule has 19 heavy (non-hydrogen) atoms. The first kappa shape index (κ1) is 14.1. The van der Waals surface area contributed by atoms with Crippen molar-refractivity contribution >= 4 is 15.9 Å². The van der Waals surface area contributed by atoms with Crippen molar-refractivity contribution in [2.75, 3.05) is 0 Å². The molecule has 0 heterocycles. The Balaban J connectivity index is 2.53. The lowest BCUT2D eigenvalue weighted by atomic mass is 9.99. The molecule has 0 fully saturated rings. The average Bonchev–Trinajstić information content (AvgIpc) is 2.36. The smallest absolute Gasteiger partial charge is 0.161 e. The molecular formula is C14H10BrF3O. The highest BCUT2D eigenvalue weighted by molar-refractivity contribution is 9.10. The van der Waals surface area contributed by atoms with Gasteiger partial charge in [0.05, 0.1) is 0 Å². The number of rotatable bonds is 2. The van der Waals surface area contributed by atoms with Crippen LogP contribution in [0.5, 0.6) is 0 Å². The Bertz CT molecular complexity index is 628. The minimum absolute atomic E-state index is 0.301. The molecule has 1 nitrogen and oxygen atoms in total. The van der Waals surface area contributed by atoms with Crippen LogP contribution in [0.4, 0.5) is 13.2 Å². The molecule has 0 radical (unpaired) electrons. The Hall–Kier alpha value is -1.33. The Morgan fingerprint density at radius 1 is 1.00 bits per heavy atom. The van der Waals surface area contributed by atoms with Crippen LogP contribution in [0.25, 0.3) is 0 Å². The van der Waals surface area contributed by atoms with Gasteiger partial charge in [0.15, 0.2) is 11.6 Å². The van der Waals surface area contributed by atoms with Crippen LogP contribution < -0.4 is 0 Å². The number of hydrogen-bond donors (Lipinski definition) is 1. The molecule has 0 amide bonds. The summed E-state index contributed by atoms with van der Waals surface area (Å²) in [7, 11) is 0. The van der Waals surface area contributed by atoms with Gasteiger partial charge in [-0.25, -0.2) is 13.2 Å². The minimum atomic E-state index is -1.37. The van der Waals surface area contributed by atoms with E-state index in [1.807, 2.05) is 13.0 Å². The van der Waals surface area contributed by atoms with Gasteiger partial charge in [0.1, 0.15) is 11.9 Å². The second kappa shape index (κ2) is 5.35. The molecule has 0 aliphatic rings. The zero-order chi connectivity index (χ0) is 14.2. The van der Waals surface area contributed by atoms with Gasteiger partial charge in [-0.15, -0.1) is 0 Å². The van der Waals surface area contributed by atoms with Gasteiger partial charge in [0.2, 0.25) is 0 Å². The van der Waals surface area contributed by atoms with Crippen LogP contribution in [-0.2, 0) is 0 Å². The van der Waals surface area contributed by atoms with Gasteiger partial charge in [-0.3, -0.25) is 0 Å². The quantitative estimate of drug-likeness (QED) is 0.816. The van der Waals surface area contributed by atoms with Crippen LogP contribution in [0.15, 0.2) is 34.8 Å². The molecule has 1 N–H and O–H groups in total. The number of benzene rings is 2. The van der Waals surface area contributed by atoms with E-state index in [2.05, 4.69) is 15.9 Å². The van der Waals surface area contributed by atoms with E-state index in [1.165, 1.54) is 0 Å². The lowest BCUT2D eigenvalue weighted by Gasteiger charge is -2.15. The maximum Gasteiger partial charge on any atom is 0.161 e. The van der Waals surface area contributed by atoms with Gasteiger partial charge in [-0.2, -0.15) is 0 Å². The standard InChI is InChI=1S/C14H10BrF3O/c1-7-3-2-4-8(13(7)15)14(19)9-5-11(17)12(18)6-10(9)16/h2-6,14,19H,1H3. The summed E-state index contributed by atoms with van der Waals surface area (Å²) in [6, 6.07) is 6.18. The lowest BCUT2D eigenvalue weighted by molar-refractivity contribution is 0.213. The zero-order valence-electron chi connectivity index (χ0n) is 9.92.